The number of pyridine rings is 1. The van der Waals surface area contributed by atoms with Crippen molar-refractivity contribution in [3.05, 3.63) is 41.5 Å². The van der Waals surface area contributed by atoms with Crippen LogP contribution in [0.15, 0.2) is 30.3 Å². The Morgan fingerprint density at radius 3 is 2.84 bits per heavy atom. The average molecular weight is 256 g/mol. The van der Waals surface area contributed by atoms with E-state index in [1.165, 1.54) is 13.2 Å². The van der Waals surface area contributed by atoms with Crippen molar-refractivity contribution in [2.75, 3.05) is 7.11 Å². The molecule has 0 saturated carbocycles. The summed E-state index contributed by atoms with van der Waals surface area (Å²) in [6.45, 7) is 1.74. The van der Waals surface area contributed by atoms with Crippen LogP contribution >= 0.6 is 0 Å². The van der Waals surface area contributed by atoms with E-state index in [9.17, 15) is 9.90 Å². The van der Waals surface area contributed by atoms with Crippen LogP contribution in [0.3, 0.4) is 0 Å². The van der Waals surface area contributed by atoms with Crippen molar-refractivity contribution in [1.29, 1.82) is 0 Å². The molecule has 0 fully saturated rings. The van der Waals surface area contributed by atoms with Crippen LogP contribution in [-0.2, 0) is 4.74 Å². The molecule has 0 unspecified atom stereocenters. The van der Waals surface area contributed by atoms with Crippen molar-refractivity contribution in [2.24, 2.45) is 0 Å². The van der Waals surface area contributed by atoms with Gasteiger partial charge in [-0.25, -0.2) is 9.78 Å². The third kappa shape index (κ3) is 1.55. The van der Waals surface area contributed by atoms with Crippen LogP contribution in [0.2, 0.25) is 0 Å². The SMILES string of the molecule is COC(=O)c1c(C)cc(O)n2c1nc1ccccc12. The van der Waals surface area contributed by atoms with Crippen LogP contribution in [0.5, 0.6) is 5.88 Å². The second-order valence-electron chi connectivity index (χ2n) is 4.31. The summed E-state index contributed by atoms with van der Waals surface area (Å²) in [5.41, 5.74) is 2.88. The molecule has 2 heterocycles. The number of aromatic nitrogens is 2. The van der Waals surface area contributed by atoms with Crippen molar-refractivity contribution in [3.63, 3.8) is 0 Å². The molecule has 5 heteroatoms. The number of aryl methyl sites for hydroxylation is 1. The minimum atomic E-state index is -0.460. The van der Waals surface area contributed by atoms with Crippen LogP contribution in [0.1, 0.15) is 15.9 Å². The number of para-hydroxylation sites is 2. The maximum absolute atomic E-state index is 11.9. The van der Waals surface area contributed by atoms with E-state index in [0.29, 0.717) is 22.3 Å². The number of hydrogen-bond acceptors (Lipinski definition) is 4. The molecule has 19 heavy (non-hydrogen) atoms. The van der Waals surface area contributed by atoms with Gasteiger partial charge < -0.3 is 9.84 Å². The summed E-state index contributed by atoms with van der Waals surface area (Å²) in [5, 5.41) is 10.1. The molecule has 0 aliphatic rings. The number of esters is 1. The number of nitrogens with zero attached hydrogens (tertiary/aromatic N) is 2. The van der Waals surface area contributed by atoms with E-state index in [-0.39, 0.29) is 5.88 Å². The van der Waals surface area contributed by atoms with Crippen LogP contribution in [0, 0.1) is 6.92 Å². The fourth-order valence-electron chi connectivity index (χ4n) is 2.29. The fraction of sp³-hybridized carbons (Fsp3) is 0.143. The van der Waals surface area contributed by atoms with E-state index in [1.54, 1.807) is 11.3 Å². The number of methoxy groups -OCH3 is 1. The summed E-state index contributed by atoms with van der Waals surface area (Å²) in [6, 6.07) is 8.92. The molecule has 0 amide bonds. The molecule has 0 radical (unpaired) electrons. The number of ether oxygens (including phenoxy) is 1. The lowest BCUT2D eigenvalue weighted by Crippen LogP contribution is -2.07. The van der Waals surface area contributed by atoms with Gasteiger partial charge in [0.05, 0.1) is 18.1 Å². The van der Waals surface area contributed by atoms with Crippen molar-refractivity contribution in [1.82, 2.24) is 9.38 Å². The van der Waals surface area contributed by atoms with Gasteiger partial charge >= 0.3 is 5.97 Å². The number of imidazole rings is 1. The highest BCUT2D eigenvalue weighted by Crippen LogP contribution is 2.27. The topological polar surface area (TPSA) is 63.8 Å². The summed E-state index contributed by atoms with van der Waals surface area (Å²) in [7, 11) is 1.33. The van der Waals surface area contributed by atoms with Gasteiger partial charge in [-0.3, -0.25) is 4.40 Å². The molecule has 2 aromatic heterocycles. The zero-order valence-electron chi connectivity index (χ0n) is 10.5. The third-order valence-electron chi connectivity index (χ3n) is 3.14. The monoisotopic (exact) mass is 256 g/mol. The smallest absolute Gasteiger partial charge is 0.341 e. The standard InChI is InChI=1S/C14H12N2O3/c1-8-7-11(17)16-10-6-4-3-5-9(10)15-13(16)12(8)14(18)19-2/h3-7,17H,1-2H3. The Morgan fingerprint density at radius 2 is 2.11 bits per heavy atom. The first-order chi connectivity index (χ1) is 9.13. The van der Waals surface area contributed by atoms with Crippen molar-refractivity contribution >= 4 is 22.6 Å². The van der Waals surface area contributed by atoms with Gasteiger partial charge in [-0.05, 0) is 24.6 Å². The number of hydrogen-bond donors (Lipinski definition) is 1. The molecule has 0 aliphatic heterocycles. The molecule has 5 nitrogen and oxygen atoms in total. The number of rotatable bonds is 1. The van der Waals surface area contributed by atoms with Crippen LogP contribution < -0.4 is 0 Å². The summed E-state index contributed by atoms with van der Waals surface area (Å²) in [4.78, 5) is 16.3. The Balaban J connectivity index is 2.54. The Bertz CT molecular complexity index is 805. The maximum Gasteiger partial charge on any atom is 0.341 e. The molecule has 96 valence electrons. The van der Waals surface area contributed by atoms with Gasteiger partial charge in [0.15, 0.2) is 11.5 Å². The Hall–Kier alpha value is -2.56. The number of benzene rings is 1. The van der Waals surface area contributed by atoms with Crippen LogP contribution in [0.4, 0.5) is 0 Å². The summed E-state index contributed by atoms with van der Waals surface area (Å²) in [5.74, 6) is -0.411. The first-order valence-electron chi connectivity index (χ1n) is 5.81. The number of fused-ring (bicyclic) bond motifs is 3. The Morgan fingerprint density at radius 1 is 1.37 bits per heavy atom. The van der Waals surface area contributed by atoms with Gasteiger partial charge in [0, 0.05) is 6.07 Å². The Kier molecular flexibility index (Phi) is 2.41. The predicted molar refractivity (Wildman–Crippen MR) is 70.4 cm³/mol. The Labute approximate surface area is 109 Å². The molecular formula is C14H12N2O3. The minimum absolute atomic E-state index is 0.0499. The highest BCUT2D eigenvalue weighted by Gasteiger charge is 2.20. The van der Waals surface area contributed by atoms with Gasteiger partial charge in [-0.2, -0.15) is 0 Å². The average Bonchev–Trinajstić information content (AvgIpc) is 2.77. The summed E-state index contributed by atoms with van der Waals surface area (Å²) < 4.78 is 6.34. The van der Waals surface area contributed by atoms with E-state index >= 15 is 0 Å². The fourth-order valence-corrected chi connectivity index (χ4v) is 2.29. The molecule has 0 bridgehead atoms. The quantitative estimate of drug-likeness (QED) is 0.678. The molecule has 3 aromatic rings. The third-order valence-corrected chi connectivity index (χ3v) is 3.14. The molecule has 3 rings (SSSR count). The second-order valence-corrected chi connectivity index (χ2v) is 4.31. The van der Waals surface area contributed by atoms with E-state index in [2.05, 4.69) is 4.98 Å². The van der Waals surface area contributed by atoms with Gasteiger partial charge in [0.1, 0.15) is 5.56 Å². The maximum atomic E-state index is 11.9. The highest BCUT2D eigenvalue weighted by molar-refractivity contribution is 6.00. The van der Waals surface area contributed by atoms with Gasteiger partial charge in [-0.15, -0.1) is 0 Å². The van der Waals surface area contributed by atoms with E-state index in [0.717, 1.165) is 5.52 Å². The first kappa shape index (κ1) is 11.5. The van der Waals surface area contributed by atoms with Crippen molar-refractivity contribution in [2.45, 2.75) is 6.92 Å². The largest absolute Gasteiger partial charge is 0.494 e. The molecule has 0 aliphatic carbocycles. The number of aromatic hydroxyl groups is 1. The molecule has 0 atom stereocenters. The molecular weight excluding hydrogens is 244 g/mol. The number of carbonyl (C=O) groups is 1. The lowest BCUT2D eigenvalue weighted by molar-refractivity contribution is 0.0601. The van der Waals surface area contributed by atoms with Crippen molar-refractivity contribution in [3.8, 4) is 5.88 Å². The lowest BCUT2D eigenvalue weighted by atomic mass is 10.1. The zero-order valence-corrected chi connectivity index (χ0v) is 10.5. The highest BCUT2D eigenvalue weighted by atomic mass is 16.5. The van der Waals surface area contributed by atoms with E-state index in [4.69, 9.17) is 4.74 Å². The minimum Gasteiger partial charge on any atom is -0.494 e. The molecule has 0 saturated heterocycles. The predicted octanol–water partition coefficient (Wildman–Crippen LogP) is 2.29. The molecule has 0 spiro atoms. The molecule has 1 aromatic carbocycles. The molecule has 1 N–H and O–H groups in total. The van der Waals surface area contributed by atoms with Gasteiger partial charge in [0.25, 0.3) is 0 Å². The zero-order chi connectivity index (χ0) is 13.6. The second kappa shape index (κ2) is 3.98. The summed E-state index contributed by atoms with van der Waals surface area (Å²) in [6.07, 6.45) is 0. The normalized spacial score (nSPS) is 11.1. The van der Waals surface area contributed by atoms with Crippen LogP contribution in [-0.4, -0.2) is 27.6 Å². The summed E-state index contributed by atoms with van der Waals surface area (Å²) >= 11 is 0. The van der Waals surface area contributed by atoms with Crippen LogP contribution in [0.25, 0.3) is 16.7 Å². The lowest BCUT2D eigenvalue weighted by Gasteiger charge is -2.07. The van der Waals surface area contributed by atoms with E-state index < -0.39 is 5.97 Å². The van der Waals surface area contributed by atoms with Crippen molar-refractivity contribution < 1.29 is 14.6 Å². The first-order valence-corrected chi connectivity index (χ1v) is 5.81. The number of carbonyl (C=O) groups excluding carboxylic acids is 1. The van der Waals surface area contributed by atoms with Gasteiger partial charge in [0.2, 0.25) is 0 Å². The van der Waals surface area contributed by atoms with E-state index in [1.807, 2.05) is 24.3 Å². The van der Waals surface area contributed by atoms with Gasteiger partial charge in [-0.1, -0.05) is 12.1 Å².